The number of rotatable bonds is 6. The third kappa shape index (κ3) is 4.07. The molecule has 4 rings (SSSR count). The van der Waals surface area contributed by atoms with Crippen molar-refractivity contribution in [3.05, 3.63) is 42.0 Å². The molecule has 3 aromatic rings. The van der Waals surface area contributed by atoms with Gasteiger partial charge in [-0.15, -0.1) is 0 Å². The largest absolute Gasteiger partial charge is 0.494 e. The van der Waals surface area contributed by atoms with Gasteiger partial charge in [0.2, 0.25) is 5.91 Å². The summed E-state index contributed by atoms with van der Waals surface area (Å²) in [5, 5.41) is 6.11. The van der Waals surface area contributed by atoms with Gasteiger partial charge in [0, 0.05) is 12.1 Å². The molecule has 2 amide bonds. The first-order valence-electron chi connectivity index (χ1n) is 8.99. The predicted molar refractivity (Wildman–Crippen MR) is 108 cm³/mol. The second kappa shape index (κ2) is 7.85. The summed E-state index contributed by atoms with van der Waals surface area (Å²) < 4.78 is 12.0. The Kier molecular flexibility index (Phi) is 5.12. The number of amides is 2. The van der Waals surface area contributed by atoms with E-state index in [-0.39, 0.29) is 18.4 Å². The molecule has 2 N–H and O–H groups in total. The van der Waals surface area contributed by atoms with E-state index in [1.54, 1.807) is 12.1 Å². The second-order valence-corrected chi connectivity index (χ2v) is 7.32. The van der Waals surface area contributed by atoms with Crippen LogP contribution in [0.3, 0.4) is 0 Å². The van der Waals surface area contributed by atoms with Crippen molar-refractivity contribution >= 4 is 44.2 Å². The lowest BCUT2D eigenvalue weighted by Gasteiger charge is -2.17. The number of hydrogen-bond acceptors (Lipinski definition) is 6. The average Bonchev–Trinajstić information content (AvgIpc) is 3.08. The Balaban J connectivity index is 1.37. The molecule has 7 nitrogen and oxygen atoms in total. The lowest BCUT2D eigenvalue weighted by Crippen LogP contribution is -2.21. The first-order valence-corrected chi connectivity index (χ1v) is 9.81. The second-order valence-electron chi connectivity index (χ2n) is 6.29. The van der Waals surface area contributed by atoms with Gasteiger partial charge >= 0.3 is 0 Å². The number of carbonyl (C=O) groups excluding carboxylic acids is 2. The molecule has 144 valence electrons. The molecule has 0 fully saturated rings. The van der Waals surface area contributed by atoms with Crippen LogP contribution in [-0.4, -0.2) is 30.0 Å². The highest BCUT2D eigenvalue weighted by atomic mass is 32.1. The summed E-state index contributed by atoms with van der Waals surface area (Å²) in [6, 6.07) is 11.0. The van der Waals surface area contributed by atoms with Gasteiger partial charge in [-0.2, -0.15) is 0 Å². The highest BCUT2D eigenvalue weighted by Crippen LogP contribution is 2.29. The lowest BCUT2D eigenvalue weighted by atomic mass is 10.0. The fraction of sp³-hybridized carbons (Fsp3) is 0.250. The topological polar surface area (TPSA) is 89.6 Å². The number of thiazole rings is 1. The third-order valence-corrected chi connectivity index (χ3v) is 5.19. The van der Waals surface area contributed by atoms with Gasteiger partial charge in [0.25, 0.3) is 5.91 Å². The molecular weight excluding hydrogens is 378 g/mol. The number of anilines is 2. The maximum Gasteiger partial charge on any atom is 0.264 e. The summed E-state index contributed by atoms with van der Waals surface area (Å²) in [5.74, 6) is 1.11. The number of aryl methyl sites for hydroxylation is 1. The molecule has 0 radical (unpaired) electrons. The van der Waals surface area contributed by atoms with Crippen LogP contribution in [0.4, 0.5) is 10.8 Å². The number of aromatic nitrogens is 1. The minimum Gasteiger partial charge on any atom is -0.494 e. The van der Waals surface area contributed by atoms with E-state index >= 15 is 0 Å². The van der Waals surface area contributed by atoms with Crippen molar-refractivity contribution < 1.29 is 19.1 Å². The van der Waals surface area contributed by atoms with Crippen LogP contribution >= 0.6 is 11.3 Å². The standard InChI is InChI=1S/C20H19N3O4S/c1-2-26-14-5-7-16-17(10-14)28-20(22-16)23-19(25)11-27-13-4-6-15-12(9-13)3-8-18(24)21-15/h4-7,9-10H,2-3,8,11H2,1H3,(H,21,24)(H,22,23,25). The van der Waals surface area contributed by atoms with Gasteiger partial charge in [-0.05, 0) is 55.3 Å². The summed E-state index contributed by atoms with van der Waals surface area (Å²) in [6.07, 6.45) is 1.12. The number of carbonyl (C=O) groups is 2. The van der Waals surface area contributed by atoms with Gasteiger partial charge in [-0.25, -0.2) is 4.98 Å². The Labute approximate surface area is 165 Å². The van der Waals surface area contributed by atoms with Crippen LogP contribution in [0.15, 0.2) is 36.4 Å². The van der Waals surface area contributed by atoms with Crippen LogP contribution in [-0.2, 0) is 16.0 Å². The zero-order chi connectivity index (χ0) is 19.5. The first-order chi connectivity index (χ1) is 13.6. The zero-order valence-corrected chi connectivity index (χ0v) is 16.1. The Morgan fingerprint density at radius 3 is 2.86 bits per heavy atom. The fourth-order valence-electron chi connectivity index (χ4n) is 2.97. The van der Waals surface area contributed by atoms with Crippen LogP contribution in [0.5, 0.6) is 11.5 Å². The van der Waals surface area contributed by atoms with Crippen LogP contribution in [0, 0.1) is 0 Å². The first kappa shape index (κ1) is 18.2. The fourth-order valence-corrected chi connectivity index (χ4v) is 3.88. The monoisotopic (exact) mass is 397 g/mol. The van der Waals surface area contributed by atoms with E-state index < -0.39 is 0 Å². The highest BCUT2D eigenvalue weighted by Gasteiger charge is 2.15. The van der Waals surface area contributed by atoms with Crippen molar-refractivity contribution in [2.45, 2.75) is 19.8 Å². The quantitative estimate of drug-likeness (QED) is 0.663. The van der Waals surface area contributed by atoms with Gasteiger partial charge in [0.1, 0.15) is 11.5 Å². The molecule has 0 saturated carbocycles. The number of hydrogen-bond donors (Lipinski definition) is 2. The van der Waals surface area contributed by atoms with Crippen LogP contribution in [0.2, 0.25) is 0 Å². The molecule has 0 unspecified atom stereocenters. The van der Waals surface area contributed by atoms with E-state index in [1.165, 1.54) is 11.3 Å². The Morgan fingerprint density at radius 2 is 2.00 bits per heavy atom. The Morgan fingerprint density at radius 1 is 1.18 bits per heavy atom. The molecule has 0 spiro atoms. The van der Waals surface area contributed by atoms with Crippen molar-refractivity contribution in [1.29, 1.82) is 0 Å². The van der Waals surface area contributed by atoms with E-state index in [1.807, 2.05) is 31.2 Å². The number of nitrogens with zero attached hydrogens (tertiary/aromatic N) is 1. The smallest absolute Gasteiger partial charge is 0.264 e. The number of fused-ring (bicyclic) bond motifs is 2. The van der Waals surface area contributed by atoms with Gasteiger partial charge < -0.3 is 14.8 Å². The number of benzene rings is 2. The minimum atomic E-state index is -0.282. The summed E-state index contributed by atoms with van der Waals surface area (Å²) >= 11 is 1.39. The summed E-state index contributed by atoms with van der Waals surface area (Å²) in [4.78, 5) is 28.0. The van der Waals surface area contributed by atoms with Gasteiger partial charge in [0.05, 0.1) is 16.8 Å². The summed E-state index contributed by atoms with van der Waals surface area (Å²) in [6.45, 7) is 2.41. The molecule has 0 aliphatic carbocycles. The van der Waals surface area contributed by atoms with Gasteiger partial charge in [0.15, 0.2) is 11.7 Å². The van der Waals surface area contributed by atoms with Crippen molar-refractivity contribution in [1.82, 2.24) is 4.98 Å². The summed E-state index contributed by atoms with van der Waals surface area (Å²) in [5.41, 5.74) is 2.61. The molecule has 1 aliphatic heterocycles. The van der Waals surface area contributed by atoms with Crippen molar-refractivity contribution in [2.75, 3.05) is 23.8 Å². The maximum atomic E-state index is 12.2. The molecule has 1 aromatic heterocycles. The predicted octanol–water partition coefficient (Wildman–Crippen LogP) is 3.60. The maximum absolute atomic E-state index is 12.2. The molecule has 1 aliphatic rings. The third-order valence-electron chi connectivity index (χ3n) is 4.26. The molecular formula is C20H19N3O4S. The van der Waals surface area contributed by atoms with E-state index in [0.29, 0.717) is 30.3 Å². The molecule has 0 atom stereocenters. The van der Waals surface area contributed by atoms with Crippen LogP contribution in [0.25, 0.3) is 10.2 Å². The minimum absolute atomic E-state index is 0.0183. The number of ether oxygens (including phenoxy) is 2. The van der Waals surface area contributed by atoms with E-state index in [4.69, 9.17) is 9.47 Å². The van der Waals surface area contributed by atoms with Crippen molar-refractivity contribution in [3.8, 4) is 11.5 Å². The van der Waals surface area contributed by atoms with Crippen molar-refractivity contribution in [3.63, 3.8) is 0 Å². The zero-order valence-electron chi connectivity index (χ0n) is 15.3. The van der Waals surface area contributed by atoms with E-state index in [9.17, 15) is 9.59 Å². The molecule has 2 heterocycles. The highest BCUT2D eigenvalue weighted by molar-refractivity contribution is 7.22. The molecule has 8 heteroatoms. The van der Waals surface area contributed by atoms with Crippen molar-refractivity contribution in [2.24, 2.45) is 0 Å². The number of nitrogens with one attached hydrogen (secondary N) is 2. The van der Waals surface area contributed by atoms with Gasteiger partial charge in [-0.3, -0.25) is 14.9 Å². The SMILES string of the molecule is CCOc1ccc2nc(NC(=O)COc3ccc4c(c3)CCC(=O)N4)sc2c1. The van der Waals surface area contributed by atoms with E-state index in [2.05, 4.69) is 15.6 Å². The molecule has 28 heavy (non-hydrogen) atoms. The van der Waals surface area contributed by atoms with Crippen LogP contribution in [0.1, 0.15) is 18.9 Å². The van der Waals surface area contributed by atoms with Crippen LogP contribution < -0.4 is 20.1 Å². The molecule has 0 bridgehead atoms. The molecule has 0 saturated heterocycles. The average molecular weight is 397 g/mol. The lowest BCUT2D eigenvalue weighted by molar-refractivity contribution is -0.118. The molecule has 2 aromatic carbocycles. The van der Waals surface area contributed by atoms with Gasteiger partial charge in [-0.1, -0.05) is 11.3 Å². The normalized spacial score (nSPS) is 13.0. The van der Waals surface area contributed by atoms with E-state index in [0.717, 1.165) is 27.2 Å². The summed E-state index contributed by atoms with van der Waals surface area (Å²) in [7, 11) is 0. The Hall–Kier alpha value is -3.13. The Bertz CT molecular complexity index is 1050.